The molecule has 0 unspecified atom stereocenters. The molecule has 1 aliphatic heterocycles. The summed E-state index contributed by atoms with van der Waals surface area (Å²) in [6.45, 7) is 4.28. The molecule has 2 rings (SSSR count). The van der Waals surface area contributed by atoms with E-state index in [-0.39, 0.29) is 10.9 Å². The van der Waals surface area contributed by atoms with Crippen molar-refractivity contribution in [2.24, 2.45) is 0 Å². The zero-order chi connectivity index (χ0) is 9.47. The number of para-hydroxylation sites is 1. The summed E-state index contributed by atoms with van der Waals surface area (Å²) >= 11 is 6.27. The van der Waals surface area contributed by atoms with Crippen molar-refractivity contribution in [2.75, 3.05) is 5.32 Å². The first-order valence-electron chi connectivity index (χ1n) is 4.60. The van der Waals surface area contributed by atoms with Crippen molar-refractivity contribution in [3.8, 4) is 0 Å². The Hall–Kier alpha value is -0.690. The molecule has 0 aliphatic carbocycles. The number of anilines is 1. The highest BCUT2D eigenvalue weighted by Crippen LogP contribution is 2.33. The molecule has 1 aromatic rings. The third-order valence-corrected chi connectivity index (χ3v) is 3.36. The Labute approximate surface area is 84.1 Å². The molecule has 70 valence electrons. The lowest BCUT2D eigenvalue weighted by atomic mass is 9.89. The Balaban J connectivity index is 2.39. The van der Waals surface area contributed by atoms with Crippen LogP contribution >= 0.6 is 11.6 Å². The Morgan fingerprint density at radius 2 is 2.08 bits per heavy atom. The molecule has 0 saturated carbocycles. The summed E-state index contributed by atoms with van der Waals surface area (Å²) in [6.07, 6.45) is 0.956. The normalized spacial score (nSPS) is 24.7. The zero-order valence-electron chi connectivity index (χ0n) is 7.97. The van der Waals surface area contributed by atoms with Gasteiger partial charge in [-0.2, -0.15) is 0 Å². The molecule has 0 fully saturated rings. The molecule has 0 spiro atoms. The van der Waals surface area contributed by atoms with E-state index in [4.69, 9.17) is 11.6 Å². The van der Waals surface area contributed by atoms with Crippen molar-refractivity contribution in [2.45, 2.75) is 31.2 Å². The first-order valence-corrected chi connectivity index (χ1v) is 5.03. The highest BCUT2D eigenvalue weighted by Gasteiger charge is 2.32. The molecule has 0 bridgehead atoms. The number of benzene rings is 1. The lowest BCUT2D eigenvalue weighted by Gasteiger charge is -2.38. The average molecular weight is 196 g/mol. The smallest absolute Gasteiger partial charge is 0.0601 e. The van der Waals surface area contributed by atoms with Gasteiger partial charge in [0.25, 0.3) is 0 Å². The van der Waals surface area contributed by atoms with E-state index in [9.17, 15) is 0 Å². The van der Waals surface area contributed by atoms with E-state index in [2.05, 4.69) is 43.4 Å². The van der Waals surface area contributed by atoms with Crippen LogP contribution in [0.15, 0.2) is 24.3 Å². The molecule has 13 heavy (non-hydrogen) atoms. The van der Waals surface area contributed by atoms with Gasteiger partial charge in [0, 0.05) is 11.2 Å². The van der Waals surface area contributed by atoms with Crippen molar-refractivity contribution >= 4 is 17.3 Å². The molecule has 2 heteroatoms. The van der Waals surface area contributed by atoms with Crippen LogP contribution in [-0.4, -0.2) is 10.9 Å². The molecule has 1 heterocycles. The summed E-state index contributed by atoms with van der Waals surface area (Å²) in [5.74, 6) is 0. The van der Waals surface area contributed by atoms with E-state index in [0.717, 1.165) is 6.42 Å². The van der Waals surface area contributed by atoms with Gasteiger partial charge in [0.1, 0.15) is 0 Å². The van der Waals surface area contributed by atoms with Gasteiger partial charge in [-0.15, -0.1) is 11.6 Å². The summed E-state index contributed by atoms with van der Waals surface area (Å²) in [7, 11) is 0. The van der Waals surface area contributed by atoms with Gasteiger partial charge in [-0.1, -0.05) is 18.2 Å². The number of rotatable bonds is 0. The molecule has 1 N–H and O–H groups in total. The number of nitrogens with one attached hydrogen (secondary N) is 1. The van der Waals surface area contributed by atoms with Crippen LogP contribution in [0.2, 0.25) is 0 Å². The predicted octanol–water partition coefficient (Wildman–Crippen LogP) is 3.04. The fourth-order valence-electron chi connectivity index (χ4n) is 1.69. The Morgan fingerprint density at radius 3 is 2.85 bits per heavy atom. The minimum absolute atomic E-state index is 0.00406. The van der Waals surface area contributed by atoms with Gasteiger partial charge in [-0.3, -0.25) is 0 Å². The Morgan fingerprint density at radius 1 is 1.38 bits per heavy atom. The lowest BCUT2D eigenvalue weighted by Crippen LogP contribution is -2.45. The van der Waals surface area contributed by atoms with Crippen molar-refractivity contribution in [3.05, 3.63) is 29.8 Å². The van der Waals surface area contributed by atoms with Crippen LogP contribution in [0.4, 0.5) is 5.69 Å². The van der Waals surface area contributed by atoms with Crippen LogP contribution in [0.5, 0.6) is 0 Å². The quantitative estimate of drug-likeness (QED) is 0.628. The van der Waals surface area contributed by atoms with Crippen molar-refractivity contribution in [1.29, 1.82) is 0 Å². The molecular weight excluding hydrogens is 182 g/mol. The van der Waals surface area contributed by atoms with Gasteiger partial charge >= 0.3 is 0 Å². The predicted molar refractivity (Wildman–Crippen MR) is 57.5 cm³/mol. The molecule has 0 radical (unpaired) electrons. The summed E-state index contributed by atoms with van der Waals surface area (Å²) in [5.41, 5.74) is 2.54. The number of hydrogen-bond donors (Lipinski definition) is 1. The SMILES string of the molecule is CC1(C)Nc2ccccc2C[C@H]1Cl. The molecule has 1 aliphatic rings. The maximum Gasteiger partial charge on any atom is 0.0601 e. The maximum atomic E-state index is 6.27. The summed E-state index contributed by atoms with van der Waals surface area (Å²) in [5, 5.41) is 3.62. The first-order chi connectivity index (χ1) is 6.09. The highest BCUT2D eigenvalue weighted by molar-refractivity contribution is 6.22. The van der Waals surface area contributed by atoms with E-state index in [0.29, 0.717) is 0 Å². The monoisotopic (exact) mass is 195 g/mol. The second-order valence-electron chi connectivity index (χ2n) is 4.18. The fourth-order valence-corrected chi connectivity index (χ4v) is 1.91. The van der Waals surface area contributed by atoms with Crippen LogP contribution in [0, 0.1) is 0 Å². The molecule has 0 saturated heterocycles. The molecule has 1 aromatic carbocycles. The van der Waals surface area contributed by atoms with E-state index in [1.165, 1.54) is 11.3 Å². The number of halogens is 1. The van der Waals surface area contributed by atoms with Gasteiger partial charge in [-0.05, 0) is 31.9 Å². The number of fused-ring (bicyclic) bond motifs is 1. The topological polar surface area (TPSA) is 12.0 Å². The van der Waals surface area contributed by atoms with Crippen LogP contribution in [0.25, 0.3) is 0 Å². The number of hydrogen-bond acceptors (Lipinski definition) is 1. The van der Waals surface area contributed by atoms with Gasteiger partial charge in [0.15, 0.2) is 0 Å². The number of alkyl halides is 1. The molecule has 1 nitrogen and oxygen atoms in total. The first kappa shape index (κ1) is 8.89. The van der Waals surface area contributed by atoms with E-state index in [1.54, 1.807) is 0 Å². The zero-order valence-corrected chi connectivity index (χ0v) is 8.73. The van der Waals surface area contributed by atoms with E-state index >= 15 is 0 Å². The average Bonchev–Trinajstić information content (AvgIpc) is 2.06. The third-order valence-electron chi connectivity index (χ3n) is 2.66. The van der Waals surface area contributed by atoms with E-state index < -0.39 is 0 Å². The summed E-state index contributed by atoms with van der Waals surface area (Å²) in [6, 6.07) is 8.35. The van der Waals surface area contributed by atoms with E-state index in [1.807, 2.05) is 0 Å². The largest absolute Gasteiger partial charge is 0.378 e. The minimum atomic E-state index is -0.00406. The lowest BCUT2D eigenvalue weighted by molar-refractivity contribution is 0.511. The molecule has 1 atom stereocenters. The van der Waals surface area contributed by atoms with Crippen LogP contribution in [0.3, 0.4) is 0 Å². The van der Waals surface area contributed by atoms with Gasteiger partial charge in [-0.25, -0.2) is 0 Å². The second-order valence-corrected chi connectivity index (χ2v) is 4.70. The highest BCUT2D eigenvalue weighted by atomic mass is 35.5. The maximum absolute atomic E-state index is 6.27. The molecule has 0 aromatic heterocycles. The Kier molecular flexibility index (Phi) is 1.99. The minimum Gasteiger partial charge on any atom is -0.378 e. The fraction of sp³-hybridized carbons (Fsp3) is 0.455. The van der Waals surface area contributed by atoms with Crippen LogP contribution in [-0.2, 0) is 6.42 Å². The molecular formula is C11H14ClN. The Bertz CT molecular complexity index is 320. The van der Waals surface area contributed by atoms with Gasteiger partial charge in [0.05, 0.1) is 5.38 Å². The second kappa shape index (κ2) is 2.91. The third kappa shape index (κ3) is 1.53. The standard InChI is InChI=1S/C11H14ClN/c1-11(2)10(12)7-8-5-3-4-6-9(8)13-11/h3-6,10,13H,7H2,1-2H3/t10-/m1/s1. The van der Waals surface area contributed by atoms with Crippen LogP contribution in [0.1, 0.15) is 19.4 Å². The van der Waals surface area contributed by atoms with Gasteiger partial charge in [0.2, 0.25) is 0 Å². The van der Waals surface area contributed by atoms with Crippen LogP contribution < -0.4 is 5.32 Å². The van der Waals surface area contributed by atoms with Crippen molar-refractivity contribution in [1.82, 2.24) is 0 Å². The summed E-state index contributed by atoms with van der Waals surface area (Å²) < 4.78 is 0. The summed E-state index contributed by atoms with van der Waals surface area (Å²) in [4.78, 5) is 0. The van der Waals surface area contributed by atoms with Crippen molar-refractivity contribution < 1.29 is 0 Å². The molecule has 0 amide bonds. The van der Waals surface area contributed by atoms with Gasteiger partial charge < -0.3 is 5.32 Å². The van der Waals surface area contributed by atoms with Crippen molar-refractivity contribution in [3.63, 3.8) is 0 Å².